The molecule has 15 heavy (non-hydrogen) atoms. The second-order valence-corrected chi connectivity index (χ2v) is 2.05. The van der Waals surface area contributed by atoms with Crippen LogP contribution in [0.25, 0.3) is 0 Å². The Kier molecular flexibility index (Phi) is 21.3. The third-order valence-corrected chi connectivity index (χ3v) is 1.13. The Hall–Kier alpha value is -0.458. The Bertz CT molecular complexity index is 197. The van der Waals surface area contributed by atoms with Crippen molar-refractivity contribution >= 4 is 0 Å². The van der Waals surface area contributed by atoms with Crippen LogP contribution in [0.3, 0.4) is 0 Å². The fourth-order valence-electron chi connectivity index (χ4n) is 0.625. The molecule has 0 aromatic carbocycles. The van der Waals surface area contributed by atoms with E-state index in [1.165, 1.54) is 0 Å². The fraction of sp³-hybridized carbons (Fsp3) is 0. The molecular weight excluding hydrogens is 325 g/mol. The fourth-order valence-corrected chi connectivity index (χ4v) is 0.625. The molecule has 2 aromatic rings. The van der Waals surface area contributed by atoms with Crippen LogP contribution < -0.4 is 24.8 Å². The average molecular weight is 336 g/mol. The molecule has 0 saturated carbocycles. The summed E-state index contributed by atoms with van der Waals surface area (Å²) in [7, 11) is 0. The maximum Gasteiger partial charge on any atom is 2.00 e. The summed E-state index contributed by atoms with van der Waals surface area (Å²) in [6.07, 6.45) is 7.00. The van der Waals surface area contributed by atoms with Crippen molar-refractivity contribution in [2.75, 3.05) is 0 Å². The van der Waals surface area contributed by atoms with E-state index < -0.39 is 0 Å². The quantitative estimate of drug-likeness (QED) is 0.461. The zero-order chi connectivity index (χ0) is 8.49. The average Bonchev–Trinajstić information content (AvgIpc) is 2.24. The smallest absolute Gasteiger partial charge is 1.00 e. The molecule has 2 heterocycles. The van der Waals surface area contributed by atoms with Crippen LogP contribution in [0, 0.1) is 0 Å². The Labute approximate surface area is 116 Å². The standard InChI is InChI=1S/2C5H5N.2ClH.Pd/c2*1-2-4-6-5-3-1;;;/h2*1-5H;2*1H;/q;;;;+2/p-2. The van der Waals surface area contributed by atoms with Crippen LogP contribution in [0.4, 0.5) is 0 Å². The zero-order valence-corrected chi connectivity index (χ0v) is 10.8. The van der Waals surface area contributed by atoms with E-state index in [0.29, 0.717) is 0 Å². The third-order valence-electron chi connectivity index (χ3n) is 1.13. The van der Waals surface area contributed by atoms with Gasteiger partial charge in [-0.25, -0.2) is 0 Å². The van der Waals surface area contributed by atoms with Gasteiger partial charge < -0.3 is 24.8 Å². The van der Waals surface area contributed by atoms with Gasteiger partial charge in [0.1, 0.15) is 0 Å². The van der Waals surface area contributed by atoms with E-state index in [1.54, 1.807) is 24.8 Å². The van der Waals surface area contributed by atoms with Crippen molar-refractivity contribution in [1.82, 2.24) is 9.97 Å². The van der Waals surface area contributed by atoms with Gasteiger partial charge in [-0.05, 0) is 24.3 Å². The molecule has 0 spiro atoms. The molecule has 0 aliphatic heterocycles. The van der Waals surface area contributed by atoms with Gasteiger partial charge >= 0.3 is 20.4 Å². The minimum atomic E-state index is 0. The molecule has 5 heteroatoms. The van der Waals surface area contributed by atoms with Crippen molar-refractivity contribution in [3.8, 4) is 0 Å². The maximum atomic E-state index is 3.78. The SMILES string of the molecule is [Cl-].[Cl-].[Pd+2].c1ccncc1.c1ccncc1. The number of halogens is 2. The molecule has 0 amide bonds. The summed E-state index contributed by atoms with van der Waals surface area (Å²) < 4.78 is 0. The second kappa shape index (κ2) is 16.0. The Balaban J connectivity index is -0.000000160. The number of hydrogen-bond acceptors (Lipinski definition) is 2. The van der Waals surface area contributed by atoms with Gasteiger partial charge in [-0.1, -0.05) is 12.1 Å². The monoisotopic (exact) mass is 334 g/mol. The van der Waals surface area contributed by atoms with Crippen LogP contribution in [-0.2, 0) is 20.4 Å². The van der Waals surface area contributed by atoms with Crippen LogP contribution in [0.5, 0.6) is 0 Å². The maximum absolute atomic E-state index is 3.78. The summed E-state index contributed by atoms with van der Waals surface area (Å²) in [6.45, 7) is 0. The molecule has 0 N–H and O–H groups in total. The molecule has 0 aliphatic rings. The van der Waals surface area contributed by atoms with Crippen molar-refractivity contribution in [1.29, 1.82) is 0 Å². The summed E-state index contributed by atoms with van der Waals surface area (Å²) >= 11 is 0. The van der Waals surface area contributed by atoms with E-state index in [2.05, 4.69) is 9.97 Å². The van der Waals surface area contributed by atoms with Crippen molar-refractivity contribution in [2.24, 2.45) is 0 Å². The normalized spacial score (nSPS) is 6.40. The molecule has 0 unspecified atom stereocenters. The van der Waals surface area contributed by atoms with Gasteiger partial charge in [-0.15, -0.1) is 0 Å². The number of rotatable bonds is 0. The molecule has 0 fully saturated rings. The zero-order valence-electron chi connectivity index (χ0n) is 7.74. The number of hydrogen-bond donors (Lipinski definition) is 0. The largest absolute Gasteiger partial charge is 2.00 e. The van der Waals surface area contributed by atoms with Gasteiger partial charge in [0.05, 0.1) is 0 Å². The summed E-state index contributed by atoms with van der Waals surface area (Å²) in [5.41, 5.74) is 0. The van der Waals surface area contributed by atoms with Crippen LogP contribution in [-0.4, -0.2) is 9.97 Å². The van der Waals surface area contributed by atoms with Crippen molar-refractivity contribution < 1.29 is 45.2 Å². The molecule has 0 radical (unpaired) electrons. The predicted molar refractivity (Wildman–Crippen MR) is 48.5 cm³/mol. The number of nitrogens with zero attached hydrogens (tertiary/aromatic N) is 2. The Morgan fingerprint density at radius 1 is 0.467 bits per heavy atom. The first kappa shape index (κ1) is 20.0. The van der Waals surface area contributed by atoms with Gasteiger partial charge in [0.2, 0.25) is 0 Å². The number of aromatic nitrogens is 2. The van der Waals surface area contributed by atoms with Crippen molar-refractivity contribution in [3.05, 3.63) is 61.2 Å². The van der Waals surface area contributed by atoms with Gasteiger partial charge in [-0.3, -0.25) is 9.97 Å². The van der Waals surface area contributed by atoms with Gasteiger partial charge in [0.15, 0.2) is 0 Å². The first-order chi connectivity index (χ1) is 6.00. The van der Waals surface area contributed by atoms with Crippen molar-refractivity contribution in [3.63, 3.8) is 0 Å². The van der Waals surface area contributed by atoms with E-state index in [4.69, 9.17) is 0 Å². The van der Waals surface area contributed by atoms with Gasteiger partial charge in [0.25, 0.3) is 0 Å². The summed E-state index contributed by atoms with van der Waals surface area (Å²) in [5, 5.41) is 0. The third kappa shape index (κ3) is 13.5. The molecular formula is C10H10Cl2N2Pd. The molecule has 84 valence electrons. The predicted octanol–water partition coefficient (Wildman–Crippen LogP) is -3.83. The molecule has 0 atom stereocenters. The minimum absolute atomic E-state index is 0. The topological polar surface area (TPSA) is 25.8 Å². The van der Waals surface area contributed by atoms with E-state index in [0.717, 1.165) is 0 Å². The first-order valence-electron chi connectivity index (χ1n) is 3.70. The molecule has 0 bridgehead atoms. The van der Waals surface area contributed by atoms with Crippen LogP contribution in [0.1, 0.15) is 0 Å². The molecule has 2 aromatic heterocycles. The Morgan fingerprint density at radius 2 is 0.733 bits per heavy atom. The summed E-state index contributed by atoms with van der Waals surface area (Å²) in [4.78, 5) is 7.57. The van der Waals surface area contributed by atoms with Crippen molar-refractivity contribution in [2.45, 2.75) is 0 Å². The first-order valence-corrected chi connectivity index (χ1v) is 3.70. The molecule has 2 rings (SSSR count). The van der Waals surface area contributed by atoms with Gasteiger partial charge in [-0.2, -0.15) is 0 Å². The van der Waals surface area contributed by atoms with E-state index in [-0.39, 0.29) is 45.2 Å². The van der Waals surface area contributed by atoms with E-state index >= 15 is 0 Å². The molecule has 2 nitrogen and oxygen atoms in total. The second-order valence-electron chi connectivity index (χ2n) is 2.05. The van der Waals surface area contributed by atoms with Crippen LogP contribution in [0.15, 0.2) is 61.2 Å². The molecule has 0 aliphatic carbocycles. The summed E-state index contributed by atoms with van der Waals surface area (Å²) in [6, 6.07) is 11.4. The van der Waals surface area contributed by atoms with Crippen LogP contribution >= 0.6 is 0 Å². The van der Waals surface area contributed by atoms with E-state index in [9.17, 15) is 0 Å². The van der Waals surface area contributed by atoms with Gasteiger partial charge in [0, 0.05) is 24.8 Å². The minimum Gasteiger partial charge on any atom is -1.00 e. The number of pyridine rings is 2. The van der Waals surface area contributed by atoms with Crippen LogP contribution in [0.2, 0.25) is 0 Å². The molecule has 0 saturated heterocycles. The Morgan fingerprint density at radius 3 is 0.800 bits per heavy atom. The summed E-state index contributed by atoms with van der Waals surface area (Å²) in [5.74, 6) is 0. The van der Waals surface area contributed by atoms with E-state index in [1.807, 2.05) is 36.4 Å².